The van der Waals surface area contributed by atoms with Gasteiger partial charge >= 0.3 is 0 Å². The van der Waals surface area contributed by atoms with Gasteiger partial charge in [0.2, 0.25) is 5.91 Å². The van der Waals surface area contributed by atoms with Crippen LogP contribution in [0.5, 0.6) is 5.75 Å². The number of fused-ring (bicyclic) bond motifs is 1. The van der Waals surface area contributed by atoms with E-state index in [-0.39, 0.29) is 24.3 Å². The molecule has 0 atom stereocenters. The van der Waals surface area contributed by atoms with Crippen LogP contribution in [-0.2, 0) is 16.0 Å². The van der Waals surface area contributed by atoms with Crippen molar-refractivity contribution in [3.05, 3.63) is 52.5 Å². The number of ether oxygens (including phenoxy) is 1. The Morgan fingerprint density at radius 1 is 1.09 bits per heavy atom. The number of carbonyl (C=O) groups excluding carboxylic acids is 3. The van der Waals surface area contributed by atoms with Gasteiger partial charge in [0.15, 0.2) is 6.61 Å². The molecule has 0 spiro atoms. The minimum absolute atomic E-state index is 0.0803. The van der Waals surface area contributed by atoms with Gasteiger partial charge in [-0.1, -0.05) is 18.5 Å². The van der Waals surface area contributed by atoms with Crippen LogP contribution in [0, 0.1) is 0 Å². The largest absolute Gasteiger partial charge is 0.482 e. The van der Waals surface area contributed by atoms with Crippen LogP contribution in [0.1, 0.15) is 43.1 Å². The van der Waals surface area contributed by atoms with Crippen molar-refractivity contribution in [2.45, 2.75) is 33.6 Å². The smallest absolute Gasteiger partial charge is 0.260 e. The second-order valence-corrected chi connectivity index (χ2v) is 7.85. The molecule has 0 fully saturated rings. The highest BCUT2D eigenvalue weighted by Gasteiger charge is 2.24. The SMILES string of the molecule is CCC(=O)N1CCc2cc(C(=O)Nc3ccc(OCC(=O)N(CC)CC)c(Cl)c3)ccc21. The average Bonchev–Trinajstić information content (AvgIpc) is 3.22. The van der Waals surface area contributed by atoms with E-state index in [1.54, 1.807) is 34.1 Å². The number of hydrogen-bond donors (Lipinski definition) is 1. The fraction of sp³-hybridized carbons (Fsp3) is 0.375. The van der Waals surface area contributed by atoms with E-state index >= 15 is 0 Å². The number of hydrogen-bond acceptors (Lipinski definition) is 4. The Hall–Kier alpha value is -3.06. The van der Waals surface area contributed by atoms with E-state index in [0.29, 0.717) is 48.1 Å². The summed E-state index contributed by atoms with van der Waals surface area (Å²) in [4.78, 5) is 40.3. The number of nitrogens with zero attached hydrogens (tertiary/aromatic N) is 2. The monoisotopic (exact) mass is 457 g/mol. The van der Waals surface area contributed by atoms with Gasteiger partial charge in [0, 0.05) is 43.0 Å². The van der Waals surface area contributed by atoms with Gasteiger partial charge in [-0.3, -0.25) is 14.4 Å². The lowest BCUT2D eigenvalue weighted by molar-refractivity contribution is -0.133. The fourth-order valence-corrected chi connectivity index (χ4v) is 3.93. The summed E-state index contributed by atoms with van der Waals surface area (Å²) in [7, 11) is 0. The fourth-order valence-electron chi connectivity index (χ4n) is 3.70. The Morgan fingerprint density at radius 3 is 2.50 bits per heavy atom. The van der Waals surface area contributed by atoms with E-state index in [1.165, 1.54) is 0 Å². The van der Waals surface area contributed by atoms with Crippen molar-refractivity contribution < 1.29 is 19.1 Å². The van der Waals surface area contributed by atoms with E-state index in [2.05, 4.69) is 5.32 Å². The molecule has 3 amide bonds. The molecular weight excluding hydrogens is 430 g/mol. The number of likely N-dealkylation sites (N-methyl/N-ethyl adjacent to an activating group) is 1. The topological polar surface area (TPSA) is 79.0 Å². The van der Waals surface area contributed by atoms with Crippen molar-refractivity contribution in [3.63, 3.8) is 0 Å². The van der Waals surface area contributed by atoms with E-state index in [0.717, 1.165) is 17.7 Å². The van der Waals surface area contributed by atoms with Gasteiger partial charge < -0.3 is 19.9 Å². The van der Waals surface area contributed by atoms with Crippen molar-refractivity contribution in [3.8, 4) is 5.75 Å². The summed E-state index contributed by atoms with van der Waals surface area (Å²) in [5.41, 5.74) is 2.89. The molecular formula is C24H28ClN3O4. The summed E-state index contributed by atoms with van der Waals surface area (Å²) in [6.07, 6.45) is 1.18. The first kappa shape index (κ1) is 23.6. The molecule has 2 aromatic carbocycles. The Bertz CT molecular complexity index is 1020. The molecule has 1 N–H and O–H groups in total. The van der Waals surface area contributed by atoms with Gasteiger partial charge in [-0.05, 0) is 62.2 Å². The maximum absolute atomic E-state index is 12.7. The normalized spacial score (nSPS) is 12.3. The highest BCUT2D eigenvalue weighted by molar-refractivity contribution is 6.32. The standard InChI is InChI=1S/C24H28ClN3O4/c1-4-22(29)28-12-11-16-13-17(7-9-20(16)28)24(31)26-18-8-10-21(19(25)14-18)32-15-23(30)27(5-2)6-3/h7-10,13-14H,4-6,11-12,15H2,1-3H3,(H,26,31). The lowest BCUT2D eigenvalue weighted by Crippen LogP contribution is -2.34. The zero-order valence-corrected chi connectivity index (χ0v) is 19.4. The van der Waals surface area contributed by atoms with Crippen molar-refractivity contribution in [1.29, 1.82) is 0 Å². The molecule has 8 heteroatoms. The lowest BCUT2D eigenvalue weighted by Gasteiger charge is -2.19. The minimum Gasteiger partial charge on any atom is -0.482 e. The van der Waals surface area contributed by atoms with Crippen LogP contribution in [0.2, 0.25) is 5.02 Å². The van der Waals surface area contributed by atoms with Crippen LogP contribution < -0.4 is 15.0 Å². The molecule has 2 aromatic rings. The summed E-state index contributed by atoms with van der Waals surface area (Å²) < 4.78 is 5.55. The molecule has 0 saturated carbocycles. The second-order valence-electron chi connectivity index (χ2n) is 7.45. The maximum Gasteiger partial charge on any atom is 0.260 e. The van der Waals surface area contributed by atoms with Crippen molar-refractivity contribution in [1.82, 2.24) is 4.90 Å². The molecule has 3 rings (SSSR count). The number of anilines is 2. The molecule has 0 radical (unpaired) electrons. The van der Waals surface area contributed by atoms with Crippen molar-refractivity contribution in [2.75, 3.05) is 36.5 Å². The summed E-state index contributed by atoms with van der Waals surface area (Å²) in [5.74, 6) is 0.0776. The average molecular weight is 458 g/mol. The first-order chi connectivity index (χ1) is 15.4. The quantitative estimate of drug-likeness (QED) is 0.646. The van der Waals surface area contributed by atoms with Gasteiger partial charge in [-0.2, -0.15) is 0 Å². The second kappa shape index (κ2) is 10.5. The third-order valence-electron chi connectivity index (χ3n) is 5.50. The summed E-state index contributed by atoms with van der Waals surface area (Å²) in [6, 6.07) is 10.3. The molecule has 1 aliphatic heterocycles. The maximum atomic E-state index is 12.7. The zero-order valence-electron chi connectivity index (χ0n) is 18.6. The molecule has 1 aliphatic rings. The summed E-state index contributed by atoms with van der Waals surface area (Å²) in [6.45, 7) is 7.44. The molecule has 32 heavy (non-hydrogen) atoms. The van der Waals surface area contributed by atoms with Gasteiger partial charge in [-0.25, -0.2) is 0 Å². The van der Waals surface area contributed by atoms with E-state index in [1.807, 2.05) is 32.9 Å². The van der Waals surface area contributed by atoms with Crippen LogP contribution in [-0.4, -0.2) is 48.9 Å². The van der Waals surface area contributed by atoms with Crippen molar-refractivity contribution in [2.24, 2.45) is 0 Å². The Labute approximate surface area is 193 Å². The number of carbonyl (C=O) groups is 3. The Balaban J connectivity index is 1.64. The Kier molecular flexibility index (Phi) is 7.75. The van der Waals surface area contributed by atoms with E-state index in [4.69, 9.17) is 16.3 Å². The highest BCUT2D eigenvalue weighted by Crippen LogP contribution is 2.31. The molecule has 0 unspecified atom stereocenters. The minimum atomic E-state index is -0.269. The predicted molar refractivity (Wildman–Crippen MR) is 126 cm³/mol. The number of nitrogens with one attached hydrogen (secondary N) is 1. The van der Waals surface area contributed by atoms with E-state index < -0.39 is 0 Å². The molecule has 170 valence electrons. The third-order valence-corrected chi connectivity index (χ3v) is 5.79. The molecule has 0 saturated heterocycles. The van der Waals surface area contributed by atoms with Gasteiger partial charge in [0.1, 0.15) is 5.75 Å². The highest BCUT2D eigenvalue weighted by atomic mass is 35.5. The first-order valence-corrected chi connectivity index (χ1v) is 11.2. The lowest BCUT2D eigenvalue weighted by atomic mass is 10.1. The van der Waals surface area contributed by atoms with Crippen LogP contribution >= 0.6 is 11.6 Å². The Morgan fingerprint density at radius 2 is 1.84 bits per heavy atom. The van der Waals surface area contributed by atoms with Crippen molar-refractivity contribution >= 4 is 40.7 Å². The summed E-state index contributed by atoms with van der Waals surface area (Å²) >= 11 is 6.29. The van der Waals surface area contributed by atoms with E-state index in [9.17, 15) is 14.4 Å². The van der Waals surface area contributed by atoms with Crippen LogP contribution in [0.15, 0.2) is 36.4 Å². The molecule has 0 aliphatic carbocycles. The molecule has 7 nitrogen and oxygen atoms in total. The van der Waals surface area contributed by atoms with Crippen LogP contribution in [0.4, 0.5) is 11.4 Å². The third kappa shape index (κ3) is 5.22. The van der Waals surface area contributed by atoms with Gasteiger partial charge in [0.05, 0.1) is 5.02 Å². The number of halogens is 1. The van der Waals surface area contributed by atoms with Crippen LogP contribution in [0.25, 0.3) is 0 Å². The molecule has 0 aromatic heterocycles. The van der Waals surface area contributed by atoms with Crippen LogP contribution in [0.3, 0.4) is 0 Å². The first-order valence-electron chi connectivity index (χ1n) is 10.8. The summed E-state index contributed by atoms with van der Waals surface area (Å²) in [5, 5.41) is 3.13. The predicted octanol–water partition coefficient (Wildman–Crippen LogP) is 4.14. The molecule has 0 bridgehead atoms. The number of amides is 3. The van der Waals surface area contributed by atoms with Gasteiger partial charge in [-0.15, -0.1) is 0 Å². The number of benzene rings is 2. The zero-order chi connectivity index (χ0) is 23.3. The number of rotatable bonds is 8. The molecule has 1 heterocycles. The van der Waals surface area contributed by atoms with Gasteiger partial charge in [0.25, 0.3) is 11.8 Å².